The highest BCUT2D eigenvalue weighted by Gasteiger charge is 1.97. The van der Waals surface area contributed by atoms with Gasteiger partial charge in [-0.2, -0.15) is 0 Å². The molecule has 0 rings (SSSR count). The number of hydrogen-bond donors (Lipinski definition) is 0. The largest absolute Gasteiger partial charge is 0.119 e. The van der Waals surface area contributed by atoms with Crippen LogP contribution in [-0.4, -0.2) is 5.38 Å². The first-order valence-electron chi connectivity index (χ1n) is 4.41. The lowest BCUT2D eigenvalue weighted by Gasteiger charge is -2.00. The van der Waals surface area contributed by atoms with Gasteiger partial charge in [0.15, 0.2) is 0 Å². The third-order valence-corrected chi connectivity index (χ3v) is 2.09. The second-order valence-corrected chi connectivity index (χ2v) is 3.36. The minimum Gasteiger partial charge on any atom is -0.119 e. The van der Waals surface area contributed by atoms with Gasteiger partial charge in [0, 0.05) is 0 Å². The molecule has 64 valence electrons. The standard InChI is InChI=1S/C10H17Cl/c1-3-5-6-7-8-9-10(11)4-2/h2,10H,3,5-9H2,1H3/t10-/m1/s1. The van der Waals surface area contributed by atoms with Crippen LogP contribution in [-0.2, 0) is 0 Å². The van der Waals surface area contributed by atoms with E-state index in [1.165, 1.54) is 32.1 Å². The molecule has 0 nitrogen and oxygen atoms in total. The molecular weight excluding hydrogens is 156 g/mol. The maximum Gasteiger partial charge on any atom is 0.0940 e. The van der Waals surface area contributed by atoms with Crippen molar-refractivity contribution >= 4 is 11.6 Å². The Morgan fingerprint density at radius 1 is 1.27 bits per heavy atom. The average Bonchev–Trinajstić information content (AvgIpc) is 2.04. The Kier molecular flexibility index (Phi) is 7.84. The average molecular weight is 173 g/mol. The zero-order valence-corrected chi connectivity index (χ0v) is 8.03. The van der Waals surface area contributed by atoms with Crippen LogP contribution in [0.4, 0.5) is 0 Å². The SMILES string of the molecule is C#C[C@@H](Cl)CCCCCCC. The first kappa shape index (κ1) is 10.8. The van der Waals surface area contributed by atoms with E-state index in [2.05, 4.69) is 12.8 Å². The number of terminal acetylenes is 1. The van der Waals surface area contributed by atoms with Crippen LogP contribution in [0.1, 0.15) is 45.4 Å². The summed E-state index contributed by atoms with van der Waals surface area (Å²) in [6.45, 7) is 2.21. The number of halogens is 1. The molecule has 0 fully saturated rings. The van der Waals surface area contributed by atoms with Gasteiger partial charge in [-0.15, -0.1) is 18.0 Å². The third kappa shape index (κ3) is 7.75. The fourth-order valence-corrected chi connectivity index (χ4v) is 1.16. The molecular formula is C10H17Cl. The maximum atomic E-state index is 5.74. The van der Waals surface area contributed by atoms with Crippen LogP contribution in [0.25, 0.3) is 0 Å². The van der Waals surface area contributed by atoms with Crippen LogP contribution >= 0.6 is 11.6 Å². The number of rotatable bonds is 6. The summed E-state index contributed by atoms with van der Waals surface area (Å²) in [7, 11) is 0. The second-order valence-electron chi connectivity index (χ2n) is 2.84. The molecule has 0 aromatic heterocycles. The zero-order chi connectivity index (χ0) is 8.53. The molecule has 0 bridgehead atoms. The molecule has 1 atom stereocenters. The summed E-state index contributed by atoms with van der Waals surface area (Å²) in [6, 6.07) is 0. The lowest BCUT2D eigenvalue weighted by atomic mass is 10.1. The van der Waals surface area contributed by atoms with Gasteiger partial charge < -0.3 is 0 Å². The van der Waals surface area contributed by atoms with Crippen LogP contribution in [0.15, 0.2) is 0 Å². The normalized spacial score (nSPS) is 12.5. The molecule has 0 aliphatic rings. The van der Waals surface area contributed by atoms with E-state index in [0.717, 1.165) is 6.42 Å². The first-order chi connectivity index (χ1) is 5.31. The summed E-state index contributed by atoms with van der Waals surface area (Å²) < 4.78 is 0. The van der Waals surface area contributed by atoms with Crippen LogP contribution in [0, 0.1) is 12.3 Å². The van der Waals surface area contributed by atoms with Gasteiger partial charge in [0.25, 0.3) is 0 Å². The Bertz CT molecular complexity index is 113. The predicted molar refractivity (Wildman–Crippen MR) is 51.9 cm³/mol. The fraction of sp³-hybridized carbons (Fsp3) is 0.800. The van der Waals surface area contributed by atoms with Crippen LogP contribution in [0.3, 0.4) is 0 Å². The summed E-state index contributed by atoms with van der Waals surface area (Å²) in [6.07, 6.45) is 12.5. The molecule has 0 heterocycles. The smallest absolute Gasteiger partial charge is 0.0940 e. The highest BCUT2D eigenvalue weighted by Crippen LogP contribution is 2.09. The van der Waals surface area contributed by atoms with Crippen molar-refractivity contribution in [2.45, 2.75) is 50.8 Å². The van der Waals surface area contributed by atoms with Gasteiger partial charge in [-0.05, 0) is 6.42 Å². The van der Waals surface area contributed by atoms with Crippen molar-refractivity contribution in [2.24, 2.45) is 0 Å². The highest BCUT2D eigenvalue weighted by atomic mass is 35.5. The van der Waals surface area contributed by atoms with Crippen LogP contribution < -0.4 is 0 Å². The highest BCUT2D eigenvalue weighted by molar-refractivity contribution is 6.22. The molecule has 0 unspecified atom stereocenters. The summed E-state index contributed by atoms with van der Waals surface area (Å²) in [5, 5.41) is -0.0448. The van der Waals surface area contributed by atoms with E-state index in [4.69, 9.17) is 18.0 Å². The molecule has 0 amide bonds. The summed E-state index contributed by atoms with van der Waals surface area (Å²) in [4.78, 5) is 0. The lowest BCUT2D eigenvalue weighted by Crippen LogP contribution is -1.92. The minimum atomic E-state index is -0.0448. The molecule has 0 N–H and O–H groups in total. The molecule has 0 aromatic carbocycles. The van der Waals surface area contributed by atoms with Crippen molar-refractivity contribution in [1.29, 1.82) is 0 Å². The lowest BCUT2D eigenvalue weighted by molar-refractivity contribution is 0.615. The van der Waals surface area contributed by atoms with Crippen molar-refractivity contribution < 1.29 is 0 Å². The topological polar surface area (TPSA) is 0 Å². The Labute approximate surface area is 75.3 Å². The molecule has 0 spiro atoms. The van der Waals surface area contributed by atoms with Gasteiger partial charge in [0.05, 0.1) is 5.38 Å². The van der Waals surface area contributed by atoms with Gasteiger partial charge in [0.1, 0.15) is 0 Å². The third-order valence-electron chi connectivity index (χ3n) is 1.74. The van der Waals surface area contributed by atoms with E-state index in [-0.39, 0.29) is 5.38 Å². The van der Waals surface area contributed by atoms with Gasteiger partial charge in [-0.1, -0.05) is 44.9 Å². The quantitative estimate of drug-likeness (QED) is 0.326. The van der Waals surface area contributed by atoms with Crippen molar-refractivity contribution in [3.05, 3.63) is 0 Å². The van der Waals surface area contributed by atoms with Crippen molar-refractivity contribution in [1.82, 2.24) is 0 Å². The summed E-state index contributed by atoms with van der Waals surface area (Å²) in [5.41, 5.74) is 0. The van der Waals surface area contributed by atoms with E-state index in [1.54, 1.807) is 0 Å². The predicted octanol–water partition coefficient (Wildman–Crippen LogP) is 3.59. The maximum absolute atomic E-state index is 5.74. The molecule has 0 aromatic rings. The Hall–Kier alpha value is -0.150. The van der Waals surface area contributed by atoms with Crippen LogP contribution in [0.2, 0.25) is 0 Å². The number of alkyl halides is 1. The summed E-state index contributed by atoms with van der Waals surface area (Å²) >= 11 is 5.74. The van der Waals surface area contributed by atoms with Gasteiger partial charge in [0.2, 0.25) is 0 Å². The molecule has 1 heteroatoms. The van der Waals surface area contributed by atoms with Gasteiger partial charge >= 0.3 is 0 Å². The van der Waals surface area contributed by atoms with Crippen molar-refractivity contribution in [3.8, 4) is 12.3 Å². The Morgan fingerprint density at radius 2 is 1.91 bits per heavy atom. The minimum absolute atomic E-state index is 0.0448. The van der Waals surface area contributed by atoms with Crippen molar-refractivity contribution in [3.63, 3.8) is 0 Å². The van der Waals surface area contributed by atoms with Gasteiger partial charge in [-0.25, -0.2) is 0 Å². The molecule has 11 heavy (non-hydrogen) atoms. The van der Waals surface area contributed by atoms with E-state index in [9.17, 15) is 0 Å². The zero-order valence-electron chi connectivity index (χ0n) is 7.28. The Morgan fingerprint density at radius 3 is 2.45 bits per heavy atom. The second kappa shape index (κ2) is 7.95. The molecule has 0 radical (unpaired) electrons. The Balaban J connectivity index is 2.97. The molecule has 0 saturated carbocycles. The van der Waals surface area contributed by atoms with E-state index in [1.807, 2.05) is 0 Å². The molecule has 0 aliphatic heterocycles. The molecule has 0 saturated heterocycles. The first-order valence-corrected chi connectivity index (χ1v) is 4.85. The van der Waals surface area contributed by atoms with Gasteiger partial charge in [-0.3, -0.25) is 0 Å². The summed E-state index contributed by atoms with van der Waals surface area (Å²) in [5.74, 6) is 2.52. The van der Waals surface area contributed by atoms with Crippen molar-refractivity contribution in [2.75, 3.05) is 0 Å². The number of hydrogen-bond acceptors (Lipinski definition) is 0. The van der Waals surface area contributed by atoms with E-state index < -0.39 is 0 Å². The van der Waals surface area contributed by atoms with E-state index >= 15 is 0 Å². The number of unbranched alkanes of at least 4 members (excludes halogenated alkanes) is 4. The van der Waals surface area contributed by atoms with Crippen LogP contribution in [0.5, 0.6) is 0 Å². The fourth-order valence-electron chi connectivity index (χ4n) is 1.01. The monoisotopic (exact) mass is 172 g/mol. The molecule has 0 aliphatic carbocycles. The van der Waals surface area contributed by atoms with E-state index in [0.29, 0.717) is 0 Å².